The number of esters is 1. The molecule has 0 aliphatic heterocycles. The van der Waals surface area contributed by atoms with Crippen molar-refractivity contribution in [2.75, 3.05) is 6.61 Å². The van der Waals surface area contributed by atoms with Crippen LogP contribution in [-0.4, -0.2) is 23.8 Å². The SMILES string of the molecule is CCOC(=O)C(O)CCc1ccc(C2CCCCC2)c(F)c1. The molecule has 0 amide bonds. The lowest BCUT2D eigenvalue weighted by atomic mass is 9.83. The summed E-state index contributed by atoms with van der Waals surface area (Å²) >= 11 is 0. The third-order valence-electron chi connectivity index (χ3n) is 4.37. The number of carbonyl (C=O) groups is 1. The molecule has 1 aromatic carbocycles. The largest absolute Gasteiger partial charge is 0.464 e. The van der Waals surface area contributed by atoms with Crippen LogP contribution in [0.25, 0.3) is 0 Å². The number of aryl methyl sites for hydroxylation is 1. The molecule has 0 bridgehead atoms. The highest BCUT2D eigenvalue weighted by Gasteiger charge is 2.20. The van der Waals surface area contributed by atoms with Gasteiger partial charge in [0.15, 0.2) is 6.10 Å². The van der Waals surface area contributed by atoms with Crippen LogP contribution in [0.2, 0.25) is 0 Å². The lowest BCUT2D eigenvalue weighted by Crippen LogP contribution is -2.23. The van der Waals surface area contributed by atoms with Gasteiger partial charge in [-0.05, 0) is 55.7 Å². The number of aliphatic hydroxyl groups excluding tert-OH is 1. The molecule has 1 aromatic rings. The summed E-state index contributed by atoms with van der Waals surface area (Å²) in [6, 6.07) is 5.32. The average molecular weight is 308 g/mol. The fraction of sp³-hybridized carbons (Fsp3) is 0.611. The summed E-state index contributed by atoms with van der Waals surface area (Å²) in [4.78, 5) is 11.3. The van der Waals surface area contributed by atoms with Gasteiger partial charge in [0, 0.05) is 0 Å². The van der Waals surface area contributed by atoms with Crippen molar-refractivity contribution < 1.29 is 19.0 Å². The van der Waals surface area contributed by atoms with Crippen molar-refractivity contribution >= 4 is 5.97 Å². The summed E-state index contributed by atoms with van der Waals surface area (Å²) in [5, 5.41) is 9.67. The molecule has 0 spiro atoms. The Labute approximate surface area is 131 Å². The molecule has 1 aliphatic carbocycles. The van der Waals surface area contributed by atoms with Gasteiger partial charge in [-0.1, -0.05) is 31.4 Å². The number of halogens is 1. The van der Waals surface area contributed by atoms with Gasteiger partial charge in [-0.25, -0.2) is 9.18 Å². The summed E-state index contributed by atoms with van der Waals surface area (Å²) in [5.74, 6) is -0.426. The van der Waals surface area contributed by atoms with Gasteiger partial charge in [0.1, 0.15) is 5.82 Å². The van der Waals surface area contributed by atoms with Gasteiger partial charge in [-0.3, -0.25) is 0 Å². The second-order valence-corrected chi connectivity index (χ2v) is 6.00. The summed E-state index contributed by atoms with van der Waals surface area (Å²) in [7, 11) is 0. The summed E-state index contributed by atoms with van der Waals surface area (Å²) < 4.78 is 19.0. The van der Waals surface area contributed by atoms with E-state index in [2.05, 4.69) is 0 Å². The van der Waals surface area contributed by atoms with Gasteiger partial charge < -0.3 is 9.84 Å². The van der Waals surface area contributed by atoms with E-state index in [1.54, 1.807) is 13.0 Å². The van der Waals surface area contributed by atoms with E-state index in [0.29, 0.717) is 12.3 Å². The lowest BCUT2D eigenvalue weighted by molar-refractivity contribution is -0.153. The maximum atomic E-state index is 14.3. The van der Waals surface area contributed by atoms with E-state index in [9.17, 15) is 14.3 Å². The second kappa shape index (κ2) is 8.28. The molecule has 0 aromatic heterocycles. The molecular weight excluding hydrogens is 283 g/mol. The minimum Gasteiger partial charge on any atom is -0.464 e. The van der Waals surface area contributed by atoms with E-state index >= 15 is 0 Å². The van der Waals surface area contributed by atoms with Crippen LogP contribution in [0.5, 0.6) is 0 Å². The topological polar surface area (TPSA) is 46.5 Å². The molecule has 1 atom stereocenters. The molecule has 0 radical (unpaired) electrons. The Morgan fingerprint density at radius 3 is 2.73 bits per heavy atom. The fourth-order valence-electron chi connectivity index (χ4n) is 3.13. The average Bonchev–Trinajstić information content (AvgIpc) is 2.53. The van der Waals surface area contributed by atoms with E-state index in [4.69, 9.17) is 4.74 Å². The predicted molar refractivity (Wildman–Crippen MR) is 83.2 cm³/mol. The summed E-state index contributed by atoms with van der Waals surface area (Å²) in [6.07, 6.45) is 5.32. The third kappa shape index (κ3) is 4.54. The van der Waals surface area contributed by atoms with Gasteiger partial charge in [0.05, 0.1) is 6.61 Å². The quantitative estimate of drug-likeness (QED) is 0.815. The van der Waals surface area contributed by atoms with Crippen LogP contribution in [0.3, 0.4) is 0 Å². The maximum Gasteiger partial charge on any atom is 0.334 e. The number of ether oxygens (including phenoxy) is 1. The number of hydrogen-bond donors (Lipinski definition) is 1. The number of aliphatic hydroxyl groups is 1. The van der Waals surface area contributed by atoms with Crippen molar-refractivity contribution in [3.8, 4) is 0 Å². The normalized spacial score (nSPS) is 17.2. The molecule has 4 heteroatoms. The minimum absolute atomic E-state index is 0.157. The standard InChI is InChI=1S/C18H25FO3/c1-2-22-18(21)17(20)11-9-13-8-10-15(16(19)12-13)14-6-4-3-5-7-14/h8,10,12,14,17,20H,2-7,9,11H2,1H3. The molecule has 0 saturated heterocycles. The Morgan fingerprint density at radius 2 is 2.09 bits per heavy atom. The monoisotopic (exact) mass is 308 g/mol. The van der Waals surface area contributed by atoms with Gasteiger partial charge in [-0.15, -0.1) is 0 Å². The van der Waals surface area contributed by atoms with Crippen molar-refractivity contribution in [2.45, 2.75) is 63.9 Å². The van der Waals surface area contributed by atoms with E-state index < -0.39 is 12.1 Å². The summed E-state index contributed by atoms with van der Waals surface area (Å²) in [5.41, 5.74) is 1.62. The smallest absolute Gasteiger partial charge is 0.334 e. The number of benzene rings is 1. The van der Waals surface area contributed by atoms with Crippen molar-refractivity contribution in [3.05, 3.63) is 35.1 Å². The fourth-order valence-corrected chi connectivity index (χ4v) is 3.13. The first-order chi connectivity index (χ1) is 10.6. The van der Waals surface area contributed by atoms with Crippen LogP contribution in [-0.2, 0) is 16.0 Å². The van der Waals surface area contributed by atoms with Crippen molar-refractivity contribution in [2.24, 2.45) is 0 Å². The van der Waals surface area contributed by atoms with Crippen LogP contribution < -0.4 is 0 Å². The molecule has 22 heavy (non-hydrogen) atoms. The minimum atomic E-state index is -1.14. The zero-order chi connectivity index (χ0) is 15.9. The van der Waals surface area contributed by atoms with Crippen LogP contribution in [0.1, 0.15) is 62.5 Å². The maximum absolute atomic E-state index is 14.3. The Kier molecular flexibility index (Phi) is 6.37. The highest BCUT2D eigenvalue weighted by atomic mass is 19.1. The second-order valence-electron chi connectivity index (χ2n) is 6.00. The third-order valence-corrected chi connectivity index (χ3v) is 4.37. The first-order valence-corrected chi connectivity index (χ1v) is 8.24. The van der Waals surface area contributed by atoms with Crippen LogP contribution in [0.4, 0.5) is 4.39 Å². The molecule has 3 nitrogen and oxygen atoms in total. The Balaban J connectivity index is 1.93. The van der Waals surface area contributed by atoms with E-state index in [0.717, 1.165) is 24.0 Å². The zero-order valence-electron chi connectivity index (χ0n) is 13.2. The van der Waals surface area contributed by atoms with Gasteiger partial charge >= 0.3 is 5.97 Å². The predicted octanol–water partition coefficient (Wildman–Crippen LogP) is 3.73. The molecule has 1 fully saturated rings. The highest BCUT2D eigenvalue weighted by Crippen LogP contribution is 2.34. The molecule has 0 heterocycles. The molecule has 122 valence electrons. The molecule has 1 aliphatic rings. The Morgan fingerprint density at radius 1 is 1.36 bits per heavy atom. The lowest BCUT2D eigenvalue weighted by Gasteiger charge is -2.22. The number of hydrogen-bond acceptors (Lipinski definition) is 3. The summed E-state index contributed by atoms with van der Waals surface area (Å²) in [6.45, 7) is 1.95. The first-order valence-electron chi connectivity index (χ1n) is 8.24. The number of rotatable bonds is 6. The van der Waals surface area contributed by atoms with Crippen molar-refractivity contribution in [1.29, 1.82) is 0 Å². The number of carbonyl (C=O) groups excluding carboxylic acids is 1. The molecule has 1 N–H and O–H groups in total. The molecule has 1 saturated carbocycles. The highest BCUT2D eigenvalue weighted by molar-refractivity contribution is 5.74. The van der Waals surface area contributed by atoms with Gasteiger partial charge in [0.2, 0.25) is 0 Å². The molecule has 1 unspecified atom stereocenters. The Hall–Kier alpha value is -1.42. The van der Waals surface area contributed by atoms with Crippen LogP contribution >= 0.6 is 0 Å². The van der Waals surface area contributed by atoms with Crippen LogP contribution in [0.15, 0.2) is 18.2 Å². The van der Waals surface area contributed by atoms with Gasteiger partial charge in [0.25, 0.3) is 0 Å². The van der Waals surface area contributed by atoms with E-state index in [1.165, 1.54) is 19.3 Å². The van der Waals surface area contributed by atoms with Crippen molar-refractivity contribution in [1.82, 2.24) is 0 Å². The van der Waals surface area contributed by atoms with Crippen LogP contribution in [0, 0.1) is 5.82 Å². The van der Waals surface area contributed by atoms with Gasteiger partial charge in [-0.2, -0.15) is 0 Å². The van der Waals surface area contributed by atoms with E-state index in [-0.39, 0.29) is 18.8 Å². The van der Waals surface area contributed by atoms with E-state index in [1.807, 2.05) is 12.1 Å². The Bertz CT molecular complexity index is 495. The zero-order valence-corrected chi connectivity index (χ0v) is 13.2. The molecule has 2 rings (SSSR count). The first kappa shape index (κ1) is 16.9. The van der Waals surface area contributed by atoms with Crippen molar-refractivity contribution in [3.63, 3.8) is 0 Å². The molecular formula is C18H25FO3.